The van der Waals surface area contributed by atoms with Crippen LogP contribution in [0, 0.1) is 11.2 Å². The first kappa shape index (κ1) is 12.6. The van der Waals surface area contributed by atoms with Crippen LogP contribution in [0.1, 0.15) is 26.7 Å². The van der Waals surface area contributed by atoms with Crippen molar-refractivity contribution in [2.45, 2.75) is 32.8 Å². The van der Waals surface area contributed by atoms with Gasteiger partial charge in [-0.3, -0.25) is 4.79 Å². The van der Waals surface area contributed by atoms with Gasteiger partial charge in [-0.2, -0.15) is 0 Å². The Morgan fingerprint density at radius 2 is 2.29 bits per heavy atom. The molecule has 1 saturated carbocycles. The average molecular weight is 301 g/mol. The molecular weight excluding hydrogens is 287 g/mol. The molecule has 0 aliphatic heterocycles. The van der Waals surface area contributed by atoms with E-state index in [1.165, 1.54) is 6.07 Å². The number of benzene rings is 1. The van der Waals surface area contributed by atoms with Gasteiger partial charge < -0.3 is 4.74 Å². The summed E-state index contributed by atoms with van der Waals surface area (Å²) in [5, 5.41) is 0. The minimum absolute atomic E-state index is 0.138. The summed E-state index contributed by atoms with van der Waals surface area (Å²) < 4.78 is 19.4. The fourth-order valence-electron chi connectivity index (χ4n) is 1.99. The van der Waals surface area contributed by atoms with E-state index < -0.39 is 5.41 Å². The molecule has 0 aromatic heterocycles. The summed E-state index contributed by atoms with van der Waals surface area (Å²) >= 11 is 3.09. The topological polar surface area (TPSA) is 26.3 Å². The number of hydrogen-bond donors (Lipinski definition) is 0. The molecule has 1 aliphatic carbocycles. The summed E-state index contributed by atoms with van der Waals surface area (Å²) in [6.07, 6.45) is 1.03. The molecule has 17 heavy (non-hydrogen) atoms. The minimum Gasteiger partial charge on any atom is -0.489 e. The lowest BCUT2D eigenvalue weighted by atomic mass is 9.64. The molecule has 1 aromatic carbocycles. The number of Topliss-reactive ketones (excluding diaryl/α,β-unsaturated/α-hetero) is 1. The molecule has 0 radical (unpaired) electrons. The average Bonchev–Trinajstić information content (AvgIpc) is 2.32. The monoisotopic (exact) mass is 300 g/mol. The van der Waals surface area contributed by atoms with Gasteiger partial charge in [-0.05, 0) is 41.4 Å². The molecule has 92 valence electrons. The summed E-state index contributed by atoms with van der Waals surface area (Å²) in [5.41, 5.74) is -0.413. The summed E-state index contributed by atoms with van der Waals surface area (Å²) in [6, 6.07) is 4.64. The van der Waals surface area contributed by atoms with E-state index in [1.54, 1.807) is 12.1 Å². The molecular formula is C13H14BrFO2. The second-order valence-electron chi connectivity index (χ2n) is 4.58. The van der Waals surface area contributed by atoms with E-state index in [2.05, 4.69) is 15.9 Å². The zero-order chi connectivity index (χ0) is 12.6. The number of hydrogen-bond acceptors (Lipinski definition) is 2. The van der Waals surface area contributed by atoms with Crippen LogP contribution >= 0.6 is 15.9 Å². The van der Waals surface area contributed by atoms with Crippen molar-refractivity contribution in [2.75, 3.05) is 0 Å². The molecule has 1 aliphatic rings. The smallest absolute Gasteiger partial charge is 0.146 e. The van der Waals surface area contributed by atoms with E-state index in [4.69, 9.17) is 4.74 Å². The van der Waals surface area contributed by atoms with Crippen LogP contribution < -0.4 is 4.74 Å². The number of rotatable bonds is 3. The first-order valence-electron chi connectivity index (χ1n) is 5.62. The van der Waals surface area contributed by atoms with Crippen LogP contribution in [0.25, 0.3) is 0 Å². The van der Waals surface area contributed by atoms with Gasteiger partial charge in [-0.15, -0.1) is 0 Å². The van der Waals surface area contributed by atoms with Crippen molar-refractivity contribution < 1.29 is 13.9 Å². The molecule has 2 rings (SSSR count). The Kier molecular flexibility index (Phi) is 3.25. The van der Waals surface area contributed by atoms with Crippen LogP contribution in [0.15, 0.2) is 22.7 Å². The molecule has 1 aromatic rings. The van der Waals surface area contributed by atoms with E-state index in [9.17, 15) is 9.18 Å². The highest BCUT2D eigenvalue weighted by Crippen LogP contribution is 2.42. The Bertz CT molecular complexity index is 461. The van der Waals surface area contributed by atoms with Crippen molar-refractivity contribution in [3.63, 3.8) is 0 Å². The van der Waals surface area contributed by atoms with Gasteiger partial charge in [0.1, 0.15) is 23.5 Å². The molecule has 2 nitrogen and oxygen atoms in total. The predicted octanol–water partition coefficient (Wildman–Crippen LogP) is 3.72. The molecule has 1 fully saturated rings. The number of carbonyl (C=O) groups is 1. The summed E-state index contributed by atoms with van der Waals surface area (Å²) in [4.78, 5) is 11.5. The van der Waals surface area contributed by atoms with Crippen molar-refractivity contribution in [1.29, 1.82) is 0 Å². The van der Waals surface area contributed by atoms with E-state index in [0.717, 1.165) is 6.42 Å². The predicted molar refractivity (Wildman–Crippen MR) is 66.5 cm³/mol. The lowest BCUT2D eigenvalue weighted by molar-refractivity contribution is -0.150. The number of ketones is 1. The summed E-state index contributed by atoms with van der Waals surface area (Å²) in [6.45, 7) is 3.87. The molecule has 2 atom stereocenters. The van der Waals surface area contributed by atoms with Crippen LogP contribution in [0.5, 0.6) is 5.75 Å². The number of ether oxygens (including phenoxy) is 1. The summed E-state index contributed by atoms with van der Waals surface area (Å²) in [5.74, 6) is 0.344. The van der Waals surface area contributed by atoms with Gasteiger partial charge in [0.2, 0.25) is 0 Å². The Morgan fingerprint density at radius 3 is 2.82 bits per heavy atom. The number of halogens is 2. The normalized spacial score (nSPS) is 27.8. The van der Waals surface area contributed by atoms with E-state index in [1.807, 2.05) is 13.8 Å². The highest BCUT2D eigenvalue weighted by atomic mass is 79.9. The third-order valence-electron chi connectivity index (χ3n) is 3.62. The molecule has 0 N–H and O–H groups in total. The Balaban J connectivity index is 2.12. The third-order valence-corrected chi connectivity index (χ3v) is 4.27. The largest absolute Gasteiger partial charge is 0.489 e. The van der Waals surface area contributed by atoms with Gasteiger partial charge in [0.15, 0.2) is 0 Å². The first-order chi connectivity index (χ1) is 7.97. The SMILES string of the molecule is CCC1(C)C(=O)CC1Oc1ccc(Br)c(F)c1. The maximum atomic E-state index is 13.3. The molecule has 0 spiro atoms. The van der Waals surface area contributed by atoms with Gasteiger partial charge >= 0.3 is 0 Å². The zero-order valence-corrected chi connectivity index (χ0v) is 11.4. The first-order valence-corrected chi connectivity index (χ1v) is 6.41. The van der Waals surface area contributed by atoms with Crippen molar-refractivity contribution in [3.05, 3.63) is 28.5 Å². The quantitative estimate of drug-likeness (QED) is 0.850. The van der Waals surface area contributed by atoms with E-state index >= 15 is 0 Å². The minimum atomic E-state index is -0.413. The zero-order valence-electron chi connectivity index (χ0n) is 9.80. The van der Waals surface area contributed by atoms with Gasteiger partial charge in [-0.25, -0.2) is 4.39 Å². The van der Waals surface area contributed by atoms with Crippen LogP contribution in [-0.2, 0) is 4.79 Å². The van der Waals surface area contributed by atoms with Crippen LogP contribution in [0.2, 0.25) is 0 Å². The Hall–Kier alpha value is -0.900. The molecule has 4 heteroatoms. The maximum absolute atomic E-state index is 13.3. The number of carbonyl (C=O) groups excluding carboxylic acids is 1. The van der Waals surface area contributed by atoms with E-state index in [-0.39, 0.29) is 17.7 Å². The van der Waals surface area contributed by atoms with Crippen molar-refractivity contribution in [1.82, 2.24) is 0 Å². The molecule has 0 bridgehead atoms. The van der Waals surface area contributed by atoms with Gasteiger partial charge in [0.25, 0.3) is 0 Å². The molecule has 0 saturated heterocycles. The van der Waals surface area contributed by atoms with Gasteiger partial charge in [-0.1, -0.05) is 6.92 Å². The highest BCUT2D eigenvalue weighted by Gasteiger charge is 2.51. The van der Waals surface area contributed by atoms with Crippen molar-refractivity contribution in [2.24, 2.45) is 5.41 Å². The lowest BCUT2D eigenvalue weighted by Crippen LogP contribution is -2.54. The van der Waals surface area contributed by atoms with Gasteiger partial charge in [0.05, 0.1) is 9.89 Å². The highest BCUT2D eigenvalue weighted by molar-refractivity contribution is 9.10. The molecule has 0 heterocycles. The van der Waals surface area contributed by atoms with Crippen LogP contribution in [0.3, 0.4) is 0 Å². The molecule has 2 unspecified atom stereocenters. The Labute approximate surface area is 108 Å². The second kappa shape index (κ2) is 4.41. The fourth-order valence-corrected chi connectivity index (χ4v) is 2.23. The van der Waals surface area contributed by atoms with Crippen molar-refractivity contribution >= 4 is 21.7 Å². The van der Waals surface area contributed by atoms with Crippen LogP contribution in [0.4, 0.5) is 4.39 Å². The lowest BCUT2D eigenvalue weighted by Gasteiger charge is -2.44. The van der Waals surface area contributed by atoms with Gasteiger partial charge in [0, 0.05) is 12.5 Å². The summed E-state index contributed by atoms with van der Waals surface area (Å²) in [7, 11) is 0. The third kappa shape index (κ3) is 2.10. The maximum Gasteiger partial charge on any atom is 0.146 e. The van der Waals surface area contributed by atoms with Crippen molar-refractivity contribution in [3.8, 4) is 5.75 Å². The van der Waals surface area contributed by atoms with E-state index in [0.29, 0.717) is 16.6 Å². The van der Waals surface area contributed by atoms with Crippen LogP contribution in [-0.4, -0.2) is 11.9 Å². The Morgan fingerprint density at radius 1 is 1.59 bits per heavy atom. The molecule has 0 amide bonds. The standard InChI is InChI=1S/C13H14BrFO2/c1-3-13(2)11(16)7-12(13)17-8-4-5-9(14)10(15)6-8/h4-6,12H,3,7H2,1-2H3. The fraction of sp³-hybridized carbons (Fsp3) is 0.462. The second-order valence-corrected chi connectivity index (χ2v) is 5.44.